The largest absolute Gasteiger partial charge is 0.394 e. The van der Waals surface area contributed by atoms with E-state index in [-0.39, 0.29) is 17.1 Å². The van der Waals surface area contributed by atoms with Crippen molar-refractivity contribution in [3.63, 3.8) is 0 Å². The van der Waals surface area contributed by atoms with Gasteiger partial charge in [-0.3, -0.25) is 9.11 Å². The van der Waals surface area contributed by atoms with E-state index in [9.17, 15) is 0 Å². The molecular formula is C2H6FeN4O4S. The van der Waals surface area contributed by atoms with Crippen molar-refractivity contribution in [3.05, 3.63) is 12.7 Å². The average Bonchev–Trinajstić information content (AvgIpc) is 2.12. The second-order valence-electron chi connectivity index (χ2n) is 1.36. The summed E-state index contributed by atoms with van der Waals surface area (Å²) in [6, 6.07) is 0. The molecule has 0 saturated heterocycles. The molecule has 0 fully saturated rings. The minimum absolute atomic E-state index is 0. The maximum absolute atomic E-state index is 8.74. The van der Waals surface area contributed by atoms with Crippen LogP contribution in [0.5, 0.6) is 0 Å². The number of aromatic nitrogens is 3. The summed E-state index contributed by atoms with van der Waals surface area (Å²) in [5, 5.41) is 6.82. The van der Waals surface area contributed by atoms with Gasteiger partial charge in [0.15, 0.2) is 0 Å². The third-order valence-electron chi connectivity index (χ3n) is 0.437. The van der Waals surface area contributed by atoms with E-state index >= 15 is 0 Å². The predicted molar refractivity (Wildman–Crippen MR) is 34.3 cm³/mol. The van der Waals surface area contributed by atoms with E-state index in [0.717, 1.165) is 0 Å². The normalized spacial score (nSPS) is 9.17. The fraction of sp³-hybridized carbons (Fsp3) is 0. The van der Waals surface area contributed by atoms with E-state index in [1.165, 1.54) is 17.3 Å². The molecule has 8 nitrogen and oxygen atoms in total. The molecule has 0 aliphatic heterocycles. The van der Waals surface area contributed by atoms with Gasteiger partial charge in [0, 0.05) is 17.1 Å². The Kier molecular flexibility index (Phi) is 6.85. The van der Waals surface area contributed by atoms with Crippen LogP contribution in [0, 0.1) is 0 Å². The zero-order chi connectivity index (χ0) is 8.91. The molecule has 0 aliphatic carbocycles. The molecule has 0 spiro atoms. The molecular weight excluding hydrogens is 232 g/mol. The SMILES string of the molecule is Nn1cnnc1.O=S(=O)(O)O.[Fe]. The Labute approximate surface area is 78.8 Å². The van der Waals surface area contributed by atoms with Crippen molar-refractivity contribution in [2.24, 2.45) is 0 Å². The molecule has 1 aromatic rings. The molecule has 0 unspecified atom stereocenters. The van der Waals surface area contributed by atoms with Crippen molar-refractivity contribution in [2.75, 3.05) is 5.84 Å². The van der Waals surface area contributed by atoms with Crippen molar-refractivity contribution in [1.29, 1.82) is 0 Å². The minimum Gasteiger partial charge on any atom is -0.337 e. The first-order chi connectivity index (χ1) is 4.89. The van der Waals surface area contributed by atoms with Gasteiger partial charge in [0.05, 0.1) is 0 Å². The van der Waals surface area contributed by atoms with E-state index in [4.69, 9.17) is 23.4 Å². The second kappa shape index (κ2) is 5.91. The van der Waals surface area contributed by atoms with Crippen LogP contribution in [0.25, 0.3) is 0 Å². The summed E-state index contributed by atoms with van der Waals surface area (Å²) < 4.78 is 32.9. The van der Waals surface area contributed by atoms with Crippen LogP contribution in [0.2, 0.25) is 0 Å². The summed E-state index contributed by atoms with van der Waals surface area (Å²) >= 11 is 0. The summed E-state index contributed by atoms with van der Waals surface area (Å²) in [5.41, 5.74) is 0. The van der Waals surface area contributed by atoms with Crippen LogP contribution in [-0.4, -0.2) is 32.4 Å². The monoisotopic (exact) mass is 238 g/mol. The van der Waals surface area contributed by atoms with Crippen LogP contribution in [0.15, 0.2) is 12.7 Å². The molecule has 12 heavy (non-hydrogen) atoms. The van der Waals surface area contributed by atoms with Crippen molar-refractivity contribution in [1.82, 2.24) is 14.9 Å². The average molecular weight is 238 g/mol. The van der Waals surface area contributed by atoms with Gasteiger partial charge in [-0.15, -0.1) is 10.2 Å². The van der Waals surface area contributed by atoms with Gasteiger partial charge in [-0.25, -0.2) is 4.68 Å². The van der Waals surface area contributed by atoms with Crippen LogP contribution in [0.1, 0.15) is 0 Å². The Morgan fingerprint density at radius 2 is 1.50 bits per heavy atom. The zero-order valence-corrected chi connectivity index (χ0v) is 7.47. The van der Waals surface area contributed by atoms with Gasteiger partial charge in [-0.2, -0.15) is 8.42 Å². The third kappa shape index (κ3) is 16.2. The van der Waals surface area contributed by atoms with Gasteiger partial charge in [0.25, 0.3) is 0 Å². The Morgan fingerprint density at radius 1 is 1.25 bits per heavy atom. The molecule has 0 radical (unpaired) electrons. The van der Waals surface area contributed by atoms with Crippen molar-refractivity contribution < 1.29 is 34.6 Å². The van der Waals surface area contributed by atoms with Crippen LogP contribution in [0.3, 0.4) is 0 Å². The third-order valence-corrected chi connectivity index (χ3v) is 0.437. The summed E-state index contributed by atoms with van der Waals surface area (Å²) in [4.78, 5) is 0. The van der Waals surface area contributed by atoms with Gasteiger partial charge in [-0.1, -0.05) is 0 Å². The molecule has 1 heterocycles. The first kappa shape index (κ1) is 13.9. The Balaban J connectivity index is 0. The molecule has 10 heteroatoms. The van der Waals surface area contributed by atoms with E-state index in [2.05, 4.69) is 10.2 Å². The number of hydrogen-bond donors (Lipinski definition) is 3. The molecule has 0 aliphatic rings. The summed E-state index contributed by atoms with van der Waals surface area (Å²) in [6.45, 7) is 0. The zero-order valence-electron chi connectivity index (χ0n) is 5.55. The molecule has 1 aromatic heterocycles. The summed E-state index contributed by atoms with van der Waals surface area (Å²) in [7, 11) is -4.67. The Bertz CT molecular complexity index is 274. The fourth-order valence-corrected chi connectivity index (χ4v) is 0.209. The number of nitrogens with two attached hydrogens (primary N) is 1. The van der Waals surface area contributed by atoms with E-state index in [0.29, 0.717) is 0 Å². The molecule has 0 saturated carbocycles. The number of rotatable bonds is 0. The minimum atomic E-state index is -4.67. The molecule has 1 rings (SSSR count). The molecule has 0 amide bonds. The number of hydrogen-bond acceptors (Lipinski definition) is 5. The van der Waals surface area contributed by atoms with Gasteiger partial charge in [0.1, 0.15) is 12.7 Å². The molecule has 0 bridgehead atoms. The van der Waals surface area contributed by atoms with Gasteiger partial charge in [-0.05, 0) is 0 Å². The number of nitrogens with zero attached hydrogens (tertiary/aromatic N) is 3. The van der Waals surface area contributed by atoms with Crippen molar-refractivity contribution >= 4 is 10.4 Å². The van der Waals surface area contributed by atoms with Crippen molar-refractivity contribution in [2.45, 2.75) is 0 Å². The van der Waals surface area contributed by atoms with E-state index < -0.39 is 10.4 Å². The first-order valence-electron chi connectivity index (χ1n) is 2.19. The van der Waals surface area contributed by atoms with Crippen LogP contribution in [0.4, 0.5) is 0 Å². The maximum Gasteiger partial charge on any atom is 0.394 e. The topological polar surface area (TPSA) is 131 Å². The maximum atomic E-state index is 8.74. The van der Waals surface area contributed by atoms with Crippen molar-refractivity contribution in [3.8, 4) is 0 Å². The molecule has 4 N–H and O–H groups in total. The Morgan fingerprint density at radius 3 is 1.58 bits per heavy atom. The van der Waals surface area contributed by atoms with Crippen LogP contribution >= 0.6 is 0 Å². The van der Waals surface area contributed by atoms with Gasteiger partial charge < -0.3 is 5.84 Å². The standard InChI is InChI=1S/C2H4N4.Fe.H2O4S/c3-6-1-4-5-2-6;;1-5(2,3)4/h1-2H,3H2;;(H2,1,2,3,4). The first-order valence-corrected chi connectivity index (χ1v) is 3.59. The molecule has 0 atom stereocenters. The van der Waals surface area contributed by atoms with Crippen LogP contribution in [-0.2, 0) is 27.5 Å². The summed E-state index contributed by atoms with van der Waals surface area (Å²) in [6.07, 6.45) is 2.83. The summed E-state index contributed by atoms with van der Waals surface area (Å²) in [5.74, 6) is 5.07. The van der Waals surface area contributed by atoms with Gasteiger partial charge >= 0.3 is 10.4 Å². The quantitative estimate of drug-likeness (QED) is 0.280. The van der Waals surface area contributed by atoms with E-state index in [1.807, 2.05) is 0 Å². The molecule has 0 aromatic carbocycles. The predicted octanol–water partition coefficient (Wildman–Crippen LogP) is -1.66. The Hall–Kier alpha value is -0.671. The smallest absolute Gasteiger partial charge is 0.337 e. The van der Waals surface area contributed by atoms with E-state index in [1.54, 1.807) is 0 Å². The van der Waals surface area contributed by atoms with Gasteiger partial charge in [0.2, 0.25) is 0 Å². The molecule has 72 valence electrons. The fourth-order valence-electron chi connectivity index (χ4n) is 0.209. The van der Waals surface area contributed by atoms with Crippen LogP contribution < -0.4 is 5.84 Å². The second-order valence-corrected chi connectivity index (χ2v) is 2.25. The number of nitrogen functional groups attached to an aromatic ring is 1.